The number of nitrogen functional groups attached to an aromatic ring is 1. The second-order valence-corrected chi connectivity index (χ2v) is 7.71. The lowest BCUT2D eigenvalue weighted by Crippen LogP contribution is -2.66. The number of thiazole rings is 1. The van der Waals surface area contributed by atoms with E-state index in [1.807, 2.05) is 5.43 Å². The minimum atomic E-state index is -3.64. The van der Waals surface area contributed by atoms with Crippen LogP contribution in [0, 0.1) is 0 Å². The zero-order chi connectivity index (χ0) is 14.4. The van der Waals surface area contributed by atoms with Crippen molar-refractivity contribution in [2.45, 2.75) is 25.1 Å². The molecule has 1 aromatic rings. The molecule has 0 aliphatic carbocycles. The van der Waals surface area contributed by atoms with Gasteiger partial charge in [0.15, 0.2) is 9.75 Å². The van der Waals surface area contributed by atoms with Gasteiger partial charge in [0.1, 0.15) is 0 Å². The first kappa shape index (κ1) is 13.9. The highest BCUT2D eigenvalue weighted by molar-refractivity contribution is 7.94. The fourth-order valence-electron chi connectivity index (χ4n) is 1.61. The minimum Gasteiger partial charge on any atom is -0.288 e. The van der Waals surface area contributed by atoms with Gasteiger partial charge in [-0.15, -0.1) is 11.3 Å². The third-order valence-electron chi connectivity index (χ3n) is 2.86. The number of rotatable bonds is 3. The van der Waals surface area contributed by atoms with E-state index in [2.05, 4.69) is 4.98 Å². The van der Waals surface area contributed by atoms with Gasteiger partial charge in [0.05, 0.1) is 12.2 Å². The molecule has 0 saturated carbocycles. The van der Waals surface area contributed by atoms with Crippen LogP contribution in [0.2, 0.25) is 0 Å². The van der Waals surface area contributed by atoms with Crippen molar-refractivity contribution in [3.63, 3.8) is 0 Å². The third-order valence-corrected chi connectivity index (χ3v) is 6.09. The highest BCUT2D eigenvalue weighted by Gasteiger charge is 2.60. The van der Waals surface area contributed by atoms with E-state index in [1.165, 1.54) is 19.2 Å². The molecule has 2 amide bonds. The van der Waals surface area contributed by atoms with E-state index in [-0.39, 0.29) is 11.6 Å². The summed E-state index contributed by atoms with van der Waals surface area (Å²) in [7, 11) is -3.64. The lowest BCUT2D eigenvalue weighted by Gasteiger charge is -2.42. The molecular formula is C9H12N4O4S2. The number of hydrogen-bond acceptors (Lipinski definition) is 7. The predicted octanol–water partition coefficient (Wildman–Crippen LogP) is -0.803. The smallest absolute Gasteiger partial charge is 0.288 e. The molecule has 19 heavy (non-hydrogen) atoms. The molecular weight excluding hydrogens is 292 g/mol. The fourth-order valence-corrected chi connectivity index (χ4v) is 3.82. The molecule has 2 heterocycles. The van der Waals surface area contributed by atoms with E-state index < -0.39 is 26.6 Å². The molecule has 0 spiro atoms. The zero-order valence-corrected chi connectivity index (χ0v) is 11.8. The first-order chi connectivity index (χ1) is 8.71. The van der Waals surface area contributed by atoms with Crippen LogP contribution in [0.3, 0.4) is 0 Å². The summed E-state index contributed by atoms with van der Waals surface area (Å²) >= 11 is 1.02. The predicted molar refractivity (Wildman–Crippen MR) is 67.3 cm³/mol. The van der Waals surface area contributed by atoms with Crippen molar-refractivity contribution in [1.29, 1.82) is 0 Å². The highest BCUT2D eigenvalue weighted by Crippen LogP contribution is 2.36. The first-order valence-electron chi connectivity index (χ1n) is 5.24. The number of nitrogens with two attached hydrogens (primary N) is 1. The molecule has 0 unspecified atom stereocenters. The van der Waals surface area contributed by atoms with Gasteiger partial charge in [0, 0.05) is 5.38 Å². The Morgan fingerprint density at radius 3 is 2.74 bits per heavy atom. The Morgan fingerprint density at radius 1 is 1.58 bits per heavy atom. The van der Waals surface area contributed by atoms with Crippen molar-refractivity contribution in [2.24, 2.45) is 5.84 Å². The maximum atomic E-state index is 11.9. The minimum absolute atomic E-state index is 0.113. The summed E-state index contributed by atoms with van der Waals surface area (Å²) in [6.07, 6.45) is 0. The monoisotopic (exact) mass is 304 g/mol. The molecule has 0 atom stereocenters. The standard InChI is InChI=1S/C9H12N4O4S2/c1-9(2)8(15)13(19(9,16)17)3-5-4-18-7(11-5)6(14)12-10/h4H,3,10H2,1-2H3,(H,12,14). The number of carbonyl (C=O) groups is 2. The number of hydrogen-bond donors (Lipinski definition) is 2. The number of hydrazine groups is 1. The summed E-state index contributed by atoms with van der Waals surface area (Å²) < 4.78 is 23.1. The molecule has 2 rings (SSSR count). The number of aromatic nitrogens is 1. The number of sulfonamides is 1. The van der Waals surface area contributed by atoms with E-state index >= 15 is 0 Å². The van der Waals surface area contributed by atoms with E-state index in [4.69, 9.17) is 5.84 Å². The van der Waals surface area contributed by atoms with Crippen molar-refractivity contribution in [2.75, 3.05) is 0 Å². The van der Waals surface area contributed by atoms with E-state index in [1.54, 1.807) is 0 Å². The molecule has 1 aliphatic heterocycles. The van der Waals surface area contributed by atoms with Gasteiger partial charge >= 0.3 is 0 Å². The normalized spacial score (nSPS) is 19.9. The van der Waals surface area contributed by atoms with Crippen LogP contribution in [0.1, 0.15) is 29.3 Å². The molecule has 8 nitrogen and oxygen atoms in total. The molecule has 10 heteroatoms. The van der Waals surface area contributed by atoms with Crippen LogP contribution < -0.4 is 11.3 Å². The maximum absolute atomic E-state index is 11.9. The Bertz CT molecular complexity index is 649. The van der Waals surface area contributed by atoms with E-state index in [0.29, 0.717) is 5.69 Å². The van der Waals surface area contributed by atoms with Crippen LogP contribution in [0.4, 0.5) is 0 Å². The molecule has 0 aromatic carbocycles. The van der Waals surface area contributed by atoms with Crippen molar-refractivity contribution in [3.8, 4) is 0 Å². The van der Waals surface area contributed by atoms with Gasteiger partial charge in [0.2, 0.25) is 0 Å². The highest BCUT2D eigenvalue weighted by atomic mass is 32.2. The Kier molecular flexibility index (Phi) is 3.11. The molecule has 0 bridgehead atoms. The quantitative estimate of drug-likeness (QED) is 0.428. The van der Waals surface area contributed by atoms with Gasteiger partial charge in [0.25, 0.3) is 21.8 Å². The largest absolute Gasteiger partial charge is 0.294 e. The number of carbonyl (C=O) groups excluding carboxylic acids is 2. The van der Waals surface area contributed by atoms with Gasteiger partial charge in [-0.1, -0.05) is 0 Å². The van der Waals surface area contributed by atoms with Crippen molar-refractivity contribution in [1.82, 2.24) is 14.7 Å². The summed E-state index contributed by atoms with van der Waals surface area (Å²) in [6, 6.07) is 0. The molecule has 1 aromatic heterocycles. The van der Waals surface area contributed by atoms with Crippen LogP contribution in [-0.4, -0.2) is 34.3 Å². The molecule has 3 N–H and O–H groups in total. The van der Waals surface area contributed by atoms with Crippen LogP contribution in [-0.2, 0) is 21.4 Å². The first-order valence-corrected chi connectivity index (χ1v) is 7.56. The summed E-state index contributed by atoms with van der Waals surface area (Å²) in [4.78, 5) is 26.8. The Hall–Kier alpha value is -1.52. The second-order valence-electron chi connectivity index (χ2n) is 4.44. The molecule has 0 radical (unpaired) electrons. The van der Waals surface area contributed by atoms with Crippen molar-refractivity contribution < 1.29 is 18.0 Å². The summed E-state index contributed by atoms with van der Waals surface area (Å²) in [5.74, 6) is 3.92. The summed E-state index contributed by atoms with van der Waals surface area (Å²) in [5.41, 5.74) is 2.25. The average molecular weight is 304 g/mol. The van der Waals surface area contributed by atoms with Crippen LogP contribution in [0.15, 0.2) is 5.38 Å². The number of amides is 2. The van der Waals surface area contributed by atoms with Gasteiger partial charge in [-0.2, -0.15) is 0 Å². The fraction of sp³-hybridized carbons (Fsp3) is 0.444. The van der Waals surface area contributed by atoms with Crippen LogP contribution >= 0.6 is 11.3 Å². The lowest BCUT2D eigenvalue weighted by atomic mass is 10.2. The zero-order valence-electron chi connectivity index (χ0n) is 10.2. The van der Waals surface area contributed by atoms with Gasteiger partial charge in [-0.05, 0) is 13.8 Å². The Labute approximate surface area is 113 Å². The Morgan fingerprint density at radius 2 is 2.21 bits per heavy atom. The topological polar surface area (TPSA) is 122 Å². The van der Waals surface area contributed by atoms with Crippen LogP contribution in [0.25, 0.3) is 0 Å². The Balaban J connectivity index is 2.18. The summed E-state index contributed by atoms with van der Waals surface area (Å²) in [6.45, 7) is 2.55. The molecule has 1 aliphatic rings. The summed E-state index contributed by atoms with van der Waals surface area (Å²) in [5, 5.41) is 1.63. The maximum Gasteiger partial charge on any atom is 0.294 e. The van der Waals surface area contributed by atoms with Crippen molar-refractivity contribution in [3.05, 3.63) is 16.1 Å². The SMILES string of the molecule is CC1(C)C(=O)N(Cc2csc(C(=O)NN)n2)S1(=O)=O. The molecule has 104 valence electrons. The third kappa shape index (κ3) is 1.91. The second kappa shape index (κ2) is 4.25. The van der Waals surface area contributed by atoms with Gasteiger partial charge in [-0.25, -0.2) is 23.5 Å². The van der Waals surface area contributed by atoms with Crippen molar-refractivity contribution >= 4 is 33.2 Å². The van der Waals surface area contributed by atoms with Gasteiger partial charge in [-0.3, -0.25) is 15.0 Å². The molecule has 1 fully saturated rings. The van der Waals surface area contributed by atoms with Crippen LogP contribution in [0.5, 0.6) is 0 Å². The van der Waals surface area contributed by atoms with Gasteiger partial charge < -0.3 is 0 Å². The molecule has 1 saturated heterocycles. The lowest BCUT2D eigenvalue weighted by molar-refractivity contribution is -0.132. The number of nitrogens with zero attached hydrogens (tertiary/aromatic N) is 2. The van der Waals surface area contributed by atoms with E-state index in [0.717, 1.165) is 15.6 Å². The average Bonchev–Trinajstić information content (AvgIpc) is 2.82. The number of nitrogens with one attached hydrogen (secondary N) is 1. The van der Waals surface area contributed by atoms with E-state index in [9.17, 15) is 18.0 Å².